The Hall–Kier alpha value is -1.91. The number of pyridine rings is 1. The molecule has 0 aliphatic heterocycles. The summed E-state index contributed by atoms with van der Waals surface area (Å²) in [4.78, 5) is 3.87. The molecule has 5 heteroatoms. The van der Waals surface area contributed by atoms with Crippen LogP contribution in [0.15, 0.2) is 35.2 Å². The van der Waals surface area contributed by atoms with Crippen molar-refractivity contribution in [3.8, 4) is 11.6 Å². The second-order valence-corrected chi connectivity index (χ2v) is 2.18. The molecule has 0 aromatic carbocycles. The predicted molar refractivity (Wildman–Crippen MR) is 35.3 cm³/mol. The predicted octanol–water partition coefficient (Wildman–Crippen LogP) is -0.580. The highest BCUT2D eigenvalue weighted by molar-refractivity contribution is 5.15. The Morgan fingerprint density at radius 3 is 3.00 bits per heavy atom. The highest BCUT2D eigenvalue weighted by atomic mass is 16.6. The summed E-state index contributed by atoms with van der Waals surface area (Å²) in [7, 11) is 0. The highest BCUT2D eigenvalue weighted by Crippen LogP contribution is 1.98. The van der Waals surface area contributed by atoms with Crippen molar-refractivity contribution in [3.05, 3.63) is 30.7 Å². The zero-order valence-electron chi connectivity index (χ0n) is 6.04. The van der Waals surface area contributed by atoms with Crippen LogP contribution in [0, 0.1) is 0 Å². The van der Waals surface area contributed by atoms with Gasteiger partial charge in [-0.2, -0.15) is 0 Å². The lowest BCUT2D eigenvalue weighted by Crippen LogP contribution is -2.31. The molecule has 2 heterocycles. The summed E-state index contributed by atoms with van der Waals surface area (Å²) in [6, 6.07) is 3.52. The van der Waals surface area contributed by atoms with Gasteiger partial charge >= 0.3 is 0 Å². The summed E-state index contributed by atoms with van der Waals surface area (Å²) < 4.78 is 5.68. The van der Waals surface area contributed by atoms with Gasteiger partial charge in [0.15, 0.2) is 0 Å². The molecule has 0 spiro atoms. The average molecular weight is 163 g/mol. The van der Waals surface area contributed by atoms with E-state index in [2.05, 4.69) is 14.8 Å². The van der Waals surface area contributed by atoms with E-state index >= 15 is 0 Å². The smallest absolute Gasteiger partial charge is 0.257 e. The SMILES string of the molecule is [O-]c1c[n+](-c2cccnc2)no1. The van der Waals surface area contributed by atoms with E-state index in [-0.39, 0.29) is 0 Å². The number of aromatic nitrogens is 3. The summed E-state index contributed by atoms with van der Waals surface area (Å²) in [5.74, 6) is -0.473. The molecule has 12 heavy (non-hydrogen) atoms. The fourth-order valence-corrected chi connectivity index (χ4v) is 0.842. The molecule has 0 N–H and O–H groups in total. The number of nitrogens with zero attached hydrogens (tertiary/aromatic N) is 3. The van der Waals surface area contributed by atoms with Crippen LogP contribution >= 0.6 is 0 Å². The van der Waals surface area contributed by atoms with Gasteiger partial charge in [0, 0.05) is 12.3 Å². The van der Waals surface area contributed by atoms with E-state index in [1.807, 2.05) is 0 Å². The minimum absolute atomic E-state index is 0.473. The van der Waals surface area contributed by atoms with Crippen LogP contribution in [0.1, 0.15) is 0 Å². The lowest BCUT2D eigenvalue weighted by atomic mass is 10.4. The standard InChI is InChI=1S/C7H5N3O2/c11-7-5-10(9-12-7)6-2-1-3-8-4-6/h1-5H. The summed E-state index contributed by atoms with van der Waals surface area (Å²) in [5.41, 5.74) is 0.698. The van der Waals surface area contributed by atoms with E-state index in [9.17, 15) is 5.11 Å². The first-order valence-electron chi connectivity index (χ1n) is 3.32. The maximum Gasteiger partial charge on any atom is 0.257 e. The maximum absolute atomic E-state index is 10.6. The molecule has 2 aromatic rings. The van der Waals surface area contributed by atoms with E-state index in [1.54, 1.807) is 24.5 Å². The molecular weight excluding hydrogens is 158 g/mol. The zero-order valence-corrected chi connectivity index (χ0v) is 6.04. The van der Waals surface area contributed by atoms with Crippen molar-refractivity contribution < 1.29 is 14.3 Å². The summed E-state index contributed by atoms with van der Waals surface area (Å²) >= 11 is 0. The number of rotatable bonds is 1. The van der Waals surface area contributed by atoms with Crippen molar-refractivity contribution in [2.24, 2.45) is 0 Å². The van der Waals surface area contributed by atoms with Gasteiger partial charge in [0.25, 0.3) is 5.69 Å². The molecule has 2 rings (SSSR count). The first-order chi connectivity index (χ1) is 5.86. The molecule has 0 atom stereocenters. The zero-order chi connectivity index (χ0) is 8.39. The Morgan fingerprint density at radius 1 is 1.50 bits per heavy atom. The second kappa shape index (κ2) is 2.61. The van der Waals surface area contributed by atoms with E-state index in [0.29, 0.717) is 5.69 Å². The summed E-state index contributed by atoms with van der Waals surface area (Å²) in [5, 5.41) is 14.1. The van der Waals surface area contributed by atoms with Crippen molar-refractivity contribution in [2.45, 2.75) is 0 Å². The van der Waals surface area contributed by atoms with Gasteiger partial charge in [-0.15, -0.1) is 0 Å². The van der Waals surface area contributed by atoms with Crippen LogP contribution in [0.4, 0.5) is 0 Å². The largest absolute Gasteiger partial charge is 0.539 e. The molecule has 0 aliphatic carbocycles. The minimum Gasteiger partial charge on any atom is -0.539 e. The molecule has 0 saturated carbocycles. The molecule has 60 valence electrons. The van der Waals surface area contributed by atoms with Crippen molar-refractivity contribution >= 4 is 0 Å². The Kier molecular flexibility index (Phi) is 1.48. The van der Waals surface area contributed by atoms with E-state index in [0.717, 1.165) is 0 Å². The van der Waals surface area contributed by atoms with Gasteiger partial charge in [-0.3, -0.25) is 4.98 Å². The van der Waals surface area contributed by atoms with Gasteiger partial charge in [0.2, 0.25) is 6.20 Å². The van der Waals surface area contributed by atoms with E-state index in [4.69, 9.17) is 0 Å². The fraction of sp³-hybridized carbons (Fsp3) is 0. The monoisotopic (exact) mass is 163 g/mol. The van der Waals surface area contributed by atoms with Gasteiger partial charge in [-0.1, -0.05) is 0 Å². The van der Waals surface area contributed by atoms with Crippen molar-refractivity contribution in [3.63, 3.8) is 0 Å². The van der Waals surface area contributed by atoms with Gasteiger partial charge in [0.1, 0.15) is 12.1 Å². The Balaban J connectivity index is 2.45. The first-order valence-corrected chi connectivity index (χ1v) is 3.32. The van der Waals surface area contributed by atoms with Crippen LogP contribution in [0.2, 0.25) is 0 Å². The van der Waals surface area contributed by atoms with Crippen LogP contribution in [-0.4, -0.2) is 10.3 Å². The normalized spacial score (nSPS) is 10.0. The van der Waals surface area contributed by atoms with Crippen LogP contribution in [-0.2, 0) is 0 Å². The topological polar surface area (TPSA) is 65.9 Å². The number of hydrogen-bond donors (Lipinski definition) is 0. The molecule has 0 bridgehead atoms. The van der Waals surface area contributed by atoms with Crippen LogP contribution in [0.5, 0.6) is 5.95 Å². The molecule has 5 nitrogen and oxygen atoms in total. The number of hydrogen-bond acceptors (Lipinski definition) is 4. The first kappa shape index (κ1) is 6.78. The van der Waals surface area contributed by atoms with Gasteiger partial charge < -0.3 is 9.63 Å². The van der Waals surface area contributed by atoms with Crippen molar-refractivity contribution in [1.29, 1.82) is 0 Å². The highest BCUT2D eigenvalue weighted by Gasteiger charge is 2.06. The average Bonchev–Trinajstić information content (AvgIpc) is 2.54. The van der Waals surface area contributed by atoms with Crippen molar-refractivity contribution in [1.82, 2.24) is 10.3 Å². The Morgan fingerprint density at radius 2 is 2.42 bits per heavy atom. The third kappa shape index (κ3) is 1.12. The van der Waals surface area contributed by atoms with Crippen molar-refractivity contribution in [2.75, 3.05) is 0 Å². The molecule has 0 amide bonds. The fourth-order valence-electron chi connectivity index (χ4n) is 0.842. The van der Waals surface area contributed by atoms with E-state index in [1.165, 1.54) is 10.9 Å². The molecule has 0 radical (unpaired) electrons. The van der Waals surface area contributed by atoms with Crippen LogP contribution in [0.25, 0.3) is 5.69 Å². The lowest BCUT2D eigenvalue weighted by molar-refractivity contribution is -0.670. The quantitative estimate of drug-likeness (QED) is 0.527. The van der Waals surface area contributed by atoms with Crippen LogP contribution < -0.4 is 9.79 Å². The molecule has 0 fully saturated rings. The van der Waals surface area contributed by atoms with Gasteiger partial charge in [-0.25, -0.2) is 0 Å². The second-order valence-electron chi connectivity index (χ2n) is 2.18. The Bertz CT molecular complexity index is 371. The third-order valence-electron chi connectivity index (χ3n) is 1.36. The van der Waals surface area contributed by atoms with Crippen LogP contribution in [0.3, 0.4) is 0 Å². The Labute approximate surface area is 67.9 Å². The molecule has 0 aliphatic rings. The molecular formula is C7H5N3O2. The molecule has 0 saturated heterocycles. The summed E-state index contributed by atoms with van der Waals surface area (Å²) in [6.07, 6.45) is 4.47. The van der Waals surface area contributed by atoms with Gasteiger partial charge in [0.05, 0.1) is 5.27 Å². The molecule has 0 unspecified atom stereocenters. The van der Waals surface area contributed by atoms with Gasteiger partial charge in [-0.05, 0) is 10.7 Å². The van der Waals surface area contributed by atoms with E-state index < -0.39 is 5.95 Å². The lowest BCUT2D eigenvalue weighted by Gasteiger charge is -1.84. The minimum atomic E-state index is -0.473. The third-order valence-corrected chi connectivity index (χ3v) is 1.36. The molecule has 2 aromatic heterocycles. The summed E-state index contributed by atoms with van der Waals surface area (Å²) in [6.45, 7) is 0. The maximum atomic E-state index is 10.6.